The molecule has 0 aromatic heterocycles. The maximum atomic E-state index is 11.5. The number of phenolic OH excluding ortho intramolecular Hbond substituents is 2. The van der Waals surface area contributed by atoms with Crippen LogP contribution in [0, 0.1) is 17.3 Å². The third-order valence-corrected chi connectivity index (χ3v) is 8.09. The minimum absolute atomic E-state index is 0.0556. The average Bonchev–Trinajstić information content (AvgIpc) is 2.97. The fourth-order valence-corrected chi connectivity index (χ4v) is 6.48. The van der Waals surface area contributed by atoms with E-state index in [1.54, 1.807) is 0 Å². The Hall–Kier alpha value is -1.60. The van der Waals surface area contributed by atoms with Crippen molar-refractivity contribution in [3.8, 4) is 11.5 Å². The molecule has 5 N–H and O–H groups in total. The van der Waals surface area contributed by atoms with Gasteiger partial charge in [0.05, 0.1) is 6.10 Å². The number of nitrogens with one attached hydrogen (secondary N) is 1. The Morgan fingerprint density at radius 1 is 1.32 bits per heavy atom. The number of carbonyl (C=O) groups is 1. The van der Waals surface area contributed by atoms with E-state index in [4.69, 9.17) is 0 Å². The summed E-state index contributed by atoms with van der Waals surface area (Å²) in [6, 6.07) is 0.576. The number of fused-ring (bicyclic) bond motifs is 5. The Morgan fingerprint density at radius 3 is 2.75 bits per heavy atom. The highest BCUT2D eigenvalue weighted by Gasteiger charge is 2.55. The first kappa shape index (κ1) is 19.7. The molecule has 0 spiro atoms. The number of rotatable bonds is 4. The fraction of sp³-hybridized carbons (Fsp3) is 0.667. The molecule has 1 unspecified atom stereocenters. The summed E-state index contributed by atoms with van der Waals surface area (Å²) in [4.78, 5) is 11.5. The van der Waals surface area contributed by atoms with Gasteiger partial charge in [-0.15, -0.1) is 0 Å². The van der Waals surface area contributed by atoms with Crippen LogP contribution in [0.25, 0.3) is 0 Å². The van der Waals surface area contributed by atoms with Crippen molar-refractivity contribution in [1.82, 2.24) is 0 Å². The number of aliphatic carboxylic acids is 1. The van der Waals surface area contributed by atoms with E-state index < -0.39 is 12.0 Å². The van der Waals surface area contributed by atoms with Gasteiger partial charge in [0, 0.05) is 23.1 Å². The van der Waals surface area contributed by atoms with Crippen molar-refractivity contribution in [3.63, 3.8) is 0 Å². The summed E-state index contributed by atoms with van der Waals surface area (Å²) in [5.74, 6) is -0.177. The Morgan fingerprint density at radius 2 is 2.07 bits per heavy atom. The molecule has 0 saturated heterocycles. The van der Waals surface area contributed by atoms with Crippen LogP contribution in [0.15, 0.2) is 6.07 Å². The number of aromatic hydroxyl groups is 2. The number of thiol groups is 1. The summed E-state index contributed by atoms with van der Waals surface area (Å²) in [6.45, 7) is 2.20. The molecule has 154 valence electrons. The highest BCUT2D eigenvalue weighted by Crippen LogP contribution is 2.62. The van der Waals surface area contributed by atoms with Gasteiger partial charge < -0.3 is 25.7 Å². The minimum Gasteiger partial charge on any atom is -0.504 e. The zero-order valence-corrected chi connectivity index (χ0v) is 17.0. The average molecular weight is 408 g/mol. The largest absolute Gasteiger partial charge is 0.504 e. The fourth-order valence-electron chi connectivity index (χ4n) is 6.23. The molecule has 3 aliphatic rings. The van der Waals surface area contributed by atoms with E-state index in [2.05, 4.69) is 24.9 Å². The van der Waals surface area contributed by atoms with Gasteiger partial charge in [-0.3, -0.25) is 0 Å². The van der Waals surface area contributed by atoms with E-state index in [0.717, 1.165) is 43.2 Å². The molecule has 6 atom stereocenters. The van der Waals surface area contributed by atoms with Crippen molar-refractivity contribution >= 4 is 24.3 Å². The molecular weight excluding hydrogens is 378 g/mol. The van der Waals surface area contributed by atoms with Gasteiger partial charge in [0.2, 0.25) is 0 Å². The van der Waals surface area contributed by atoms with Crippen molar-refractivity contribution in [2.24, 2.45) is 17.3 Å². The van der Waals surface area contributed by atoms with Crippen LogP contribution in [0.3, 0.4) is 0 Å². The molecule has 0 aliphatic heterocycles. The van der Waals surface area contributed by atoms with E-state index in [0.29, 0.717) is 23.9 Å². The van der Waals surface area contributed by atoms with E-state index >= 15 is 0 Å². The molecular formula is C21H29NO5S. The molecule has 3 aliphatic carbocycles. The van der Waals surface area contributed by atoms with E-state index in [9.17, 15) is 25.2 Å². The summed E-state index contributed by atoms with van der Waals surface area (Å²) >= 11 is 4.14. The zero-order chi connectivity index (χ0) is 20.2. The molecule has 4 rings (SSSR count). The summed E-state index contributed by atoms with van der Waals surface area (Å²) in [7, 11) is 0. The van der Waals surface area contributed by atoms with Gasteiger partial charge in [0.15, 0.2) is 11.5 Å². The highest BCUT2D eigenvalue weighted by molar-refractivity contribution is 7.80. The summed E-state index contributed by atoms with van der Waals surface area (Å²) in [5, 5.41) is 43.7. The van der Waals surface area contributed by atoms with Crippen molar-refractivity contribution in [2.75, 3.05) is 11.1 Å². The molecule has 0 bridgehead atoms. The Kier molecular flexibility index (Phi) is 4.94. The second-order valence-corrected chi connectivity index (χ2v) is 9.32. The Labute approximate surface area is 170 Å². The van der Waals surface area contributed by atoms with Crippen molar-refractivity contribution in [2.45, 2.75) is 63.5 Å². The van der Waals surface area contributed by atoms with Crippen LogP contribution in [0.2, 0.25) is 0 Å². The number of aliphatic hydroxyl groups is 1. The summed E-state index contributed by atoms with van der Waals surface area (Å²) < 4.78 is 0. The van der Waals surface area contributed by atoms with Gasteiger partial charge in [-0.25, -0.2) is 4.79 Å². The van der Waals surface area contributed by atoms with E-state index in [-0.39, 0.29) is 34.7 Å². The number of anilines is 1. The molecule has 0 amide bonds. The molecule has 7 heteroatoms. The molecule has 1 aromatic carbocycles. The lowest BCUT2D eigenvalue weighted by Gasteiger charge is -2.50. The monoisotopic (exact) mass is 407 g/mol. The van der Waals surface area contributed by atoms with Crippen molar-refractivity contribution < 1.29 is 25.2 Å². The van der Waals surface area contributed by atoms with E-state index in [1.807, 2.05) is 0 Å². The van der Waals surface area contributed by atoms with Gasteiger partial charge in [0.25, 0.3) is 0 Å². The first-order chi connectivity index (χ1) is 13.3. The second-order valence-electron chi connectivity index (χ2n) is 8.95. The van der Waals surface area contributed by atoms with Crippen LogP contribution in [0.5, 0.6) is 11.5 Å². The number of phenols is 2. The standard InChI is InChI=1S/C21H29NO5S/c1-21-7-6-11-10(13(21)4-5-17(21)24)2-3-12-18(11)14(8-16(23)19(12)25)22-15(9-28)20(26)27/h8,10-11,13,15,17,22-25,28H,2-7,9H2,1H3,(H,26,27)/t10-,11+,13+,15+,17?,21+/m1/s1. The molecule has 1 aromatic rings. The first-order valence-corrected chi connectivity index (χ1v) is 10.8. The Balaban J connectivity index is 1.76. The number of benzene rings is 1. The number of carboxylic acids is 1. The number of hydrogen-bond acceptors (Lipinski definition) is 6. The normalized spacial score (nSPS) is 34.8. The smallest absolute Gasteiger partial charge is 0.326 e. The van der Waals surface area contributed by atoms with Gasteiger partial charge >= 0.3 is 5.97 Å². The maximum Gasteiger partial charge on any atom is 0.326 e. The molecule has 0 radical (unpaired) electrons. The summed E-state index contributed by atoms with van der Waals surface area (Å²) in [5.41, 5.74) is 2.21. The molecule has 0 heterocycles. The number of aliphatic hydroxyl groups excluding tert-OH is 1. The highest BCUT2D eigenvalue weighted by atomic mass is 32.1. The lowest BCUT2D eigenvalue weighted by Crippen LogP contribution is -2.44. The third kappa shape index (κ3) is 2.86. The van der Waals surface area contributed by atoms with Gasteiger partial charge in [0.1, 0.15) is 6.04 Å². The van der Waals surface area contributed by atoms with E-state index in [1.165, 1.54) is 6.07 Å². The Bertz CT molecular complexity index is 799. The van der Waals surface area contributed by atoms with Gasteiger partial charge in [-0.1, -0.05) is 6.92 Å². The van der Waals surface area contributed by atoms with Crippen LogP contribution in [-0.2, 0) is 11.2 Å². The van der Waals surface area contributed by atoms with Gasteiger partial charge in [-0.05, 0) is 67.3 Å². The topological polar surface area (TPSA) is 110 Å². The van der Waals surface area contributed by atoms with Crippen LogP contribution in [-0.4, -0.2) is 44.3 Å². The lowest BCUT2D eigenvalue weighted by molar-refractivity contribution is -0.137. The predicted molar refractivity (Wildman–Crippen MR) is 109 cm³/mol. The molecule has 2 fully saturated rings. The summed E-state index contributed by atoms with van der Waals surface area (Å²) in [6.07, 6.45) is 4.95. The second kappa shape index (κ2) is 7.02. The van der Waals surface area contributed by atoms with Crippen molar-refractivity contribution in [3.05, 3.63) is 17.2 Å². The SMILES string of the molecule is C[C@]12CC[C@@H]3c4c(N[C@@H](CS)C(=O)O)cc(O)c(O)c4CC[C@H]3[C@@H]1CCC2O. The first-order valence-electron chi connectivity index (χ1n) is 10.1. The zero-order valence-electron chi connectivity index (χ0n) is 16.1. The molecule has 28 heavy (non-hydrogen) atoms. The van der Waals surface area contributed by atoms with Gasteiger partial charge in [-0.2, -0.15) is 12.6 Å². The van der Waals surface area contributed by atoms with Crippen LogP contribution in [0.1, 0.15) is 56.1 Å². The van der Waals surface area contributed by atoms with Crippen molar-refractivity contribution in [1.29, 1.82) is 0 Å². The third-order valence-electron chi connectivity index (χ3n) is 7.72. The molecule has 6 nitrogen and oxygen atoms in total. The van der Waals surface area contributed by atoms with Crippen LogP contribution >= 0.6 is 12.6 Å². The predicted octanol–water partition coefficient (Wildman–Crippen LogP) is 3.11. The maximum absolute atomic E-state index is 11.5. The number of hydrogen-bond donors (Lipinski definition) is 6. The molecule has 2 saturated carbocycles. The lowest BCUT2D eigenvalue weighted by atomic mass is 9.55. The quantitative estimate of drug-likeness (QED) is 0.260. The van der Waals surface area contributed by atoms with Crippen LogP contribution < -0.4 is 5.32 Å². The van der Waals surface area contributed by atoms with Crippen LogP contribution in [0.4, 0.5) is 5.69 Å². The number of carboxylic acid groups (broad SMARTS) is 1. The minimum atomic E-state index is -1.00.